The molecule has 1 aromatic heterocycles. The standard InChI is InChI=1S/C25H26N2O7S2/c1-33-13-6-5-10(8-14(13)34-2)16-17-11-9-12(20(17)35-22-21(16)36-25(32)26-22)19-18(11)23(30)27(24(19)31)7-3-4-15(28)29/h5-6,8,11-12,16-20H,3-4,7,9H2,1-2H3,(H,26,32)(H,28,29)/t11-,12+,16+,17+,18+,19-,20-/m1/s1. The van der Waals surface area contributed by atoms with E-state index in [1.54, 1.807) is 26.0 Å². The van der Waals surface area contributed by atoms with E-state index >= 15 is 0 Å². The molecule has 2 amide bonds. The van der Waals surface area contributed by atoms with Gasteiger partial charge in [-0.1, -0.05) is 17.4 Å². The van der Waals surface area contributed by atoms with Gasteiger partial charge in [0.25, 0.3) is 0 Å². The maximum Gasteiger partial charge on any atom is 0.305 e. The van der Waals surface area contributed by atoms with Crippen LogP contribution in [0.1, 0.15) is 35.6 Å². The largest absolute Gasteiger partial charge is 0.493 e. The number of carbonyl (C=O) groups is 3. The van der Waals surface area contributed by atoms with E-state index in [9.17, 15) is 19.2 Å². The van der Waals surface area contributed by atoms with Crippen molar-refractivity contribution < 1.29 is 29.0 Å². The van der Waals surface area contributed by atoms with Crippen molar-refractivity contribution in [3.63, 3.8) is 0 Å². The van der Waals surface area contributed by atoms with E-state index in [0.717, 1.165) is 21.9 Å². The lowest BCUT2D eigenvalue weighted by Gasteiger charge is -2.43. The summed E-state index contributed by atoms with van der Waals surface area (Å²) in [5.41, 5.74) is 0.999. The van der Waals surface area contributed by atoms with E-state index in [1.807, 2.05) is 18.2 Å². The van der Waals surface area contributed by atoms with E-state index in [4.69, 9.17) is 14.6 Å². The molecule has 11 heteroatoms. The second-order valence-electron chi connectivity index (χ2n) is 9.90. The molecule has 0 unspecified atom stereocenters. The number of amides is 2. The Balaban J connectivity index is 1.38. The highest BCUT2D eigenvalue weighted by molar-refractivity contribution is 8.00. The topological polar surface area (TPSA) is 126 Å². The highest BCUT2D eigenvalue weighted by Gasteiger charge is 2.69. The van der Waals surface area contributed by atoms with Gasteiger partial charge in [0.15, 0.2) is 11.5 Å². The monoisotopic (exact) mass is 530 g/mol. The molecule has 7 atom stereocenters. The minimum absolute atomic E-state index is 0.0156. The summed E-state index contributed by atoms with van der Waals surface area (Å²) in [6, 6.07) is 5.81. The number of imide groups is 1. The molecule has 9 nitrogen and oxygen atoms in total. The van der Waals surface area contributed by atoms with Crippen molar-refractivity contribution in [1.82, 2.24) is 9.88 Å². The van der Waals surface area contributed by atoms with Crippen molar-refractivity contribution in [3.8, 4) is 11.5 Å². The van der Waals surface area contributed by atoms with Gasteiger partial charge in [0.05, 0.1) is 31.1 Å². The Bertz CT molecular complexity index is 1320. The quantitative estimate of drug-likeness (QED) is 0.524. The van der Waals surface area contributed by atoms with Crippen LogP contribution in [0.2, 0.25) is 0 Å². The maximum absolute atomic E-state index is 13.5. The molecule has 4 aliphatic rings. The van der Waals surface area contributed by atoms with Gasteiger partial charge in [-0.3, -0.25) is 24.1 Å². The van der Waals surface area contributed by atoms with Gasteiger partial charge < -0.3 is 19.6 Å². The lowest BCUT2D eigenvalue weighted by molar-refractivity contribution is -0.142. The summed E-state index contributed by atoms with van der Waals surface area (Å²) in [5, 5.41) is 9.93. The maximum atomic E-state index is 13.5. The first-order valence-corrected chi connectivity index (χ1v) is 13.7. The van der Waals surface area contributed by atoms with Crippen molar-refractivity contribution in [2.24, 2.45) is 29.6 Å². The van der Waals surface area contributed by atoms with Crippen LogP contribution in [0.25, 0.3) is 0 Å². The van der Waals surface area contributed by atoms with Crippen LogP contribution in [0.4, 0.5) is 0 Å². The third-order valence-electron chi connectivity index (χ3n) is 8.35. The van der Waals surface area contributed by atoms with Gasteiger partial charge in [0, 0.05) is 29.0 Å². The number of carboxylic acid groups (broad SMARTS) is 1. The Morgan fingerprint density at radius 2 is 1.83 bits per heavy atom. The predicted molar refractivity (Wildman–Crippen MR) is 132 cm³/mol. The lowest BCUT2D eigenvalue weighted by Crippen LogP contribution is -2.42. The second kappa shape index (κ2) is 8.65. The number of carboxylic acids is 1. The number of hydrogen-bond acceptors (Lipinski definition) is 8. The fourth-order valence-electron chi connectivity index (χ4n) is 7.11. The molecule has 1 saturated heterocycles. The third-order valence-corrected chi connectivity index (χ3v) is 10.9. The number of rotatable bonds is 7. The molecule has 190 valence electrons. The molecule has 2 bridgehead atoms. The van der Waals surface area contributed by atoms with Gasteiger partial charge in [-0.15, -0.1) is 11.8 Å². The van der Waals surface area contributed by atoms with Crippen molar-refractivity contribution in [3.05, 3.63) is 38.3 Å². The number of thioether (sulfide) groups is 1. The molecule has 36 heavy (non-hydrogen) atoms. The molecule has 2 aliphatic carbocycles. The first-order chi connectivity index (χ1) is 17.3. The number of nitrogens with one attached hydrogen (secondary N) is 1. The fourth-order valence-corrected chi connectivity index (χ4v) is 10.00. The Morgan fingerprint density at radius 1 is 1.11 bits per heavy atom. The number of benzene rings is 1. The summed E-state index contributed by atoms with van der Waals surface area (Å²) < 4.78 is 11.0. The van der Waals surface area contributed by atoms with Crippen LogP contribution in [-0.4, -0.2) is 58.8 Å². The Kier molecular flexibility index (Phi) is 5.67. The molecule has 1 aromatic carbocycles. The number of carbonyl (C=O) groups excluding carboxylic acids is 2. The Hall–Kier alpha value is -2.79. The molecule has 2 aromatic rings. The molecule has 3 heterocycles. The van der Waals surface area contributed by atoms with Crippen LogP contribution < -0.4 is 14.3 Å². The van der Waals surface area contributed by atoms with Crippen LogP contribution in [0.15, 0.2) is 28.0 Å². The number of ether oxygens (including phenoxy) is 2. The molecule has 2 aliphatic heterocycles. The SMILES string of the molecule is COc1ccc([C@@H]2c3sc(=O)[nH]c3S[C@@H]3[C@H]4C[C@@H]([C@@H]5C(=O)N(CCCC(=O)O)C(=O)[C@H]45)[C@@H]23)cc1OC. The number of aromatic amines is 1. The molecule has 6 rings (SSSR count). The van der Waals surface area contributed by atoms with Crippen molar-refractivity contribution in [1.29, 1.82) is 0 Å². The lowest BCUT2D eigenvalue weighted by atomic mass is 9.68. The van der Waals surface area contributed by atoms with Gasteiger partial charge in [-0.2, -0.15) is 0 Å². The zero-order valence-electron chi connectivity index (χ0n) is 19.8. The number of thiazole rings is 1. The summed E-state index contributed by atoms with van der Waals surface area (Å²) in [6.45, 7) is 0.151. The molecule has 2 saturated carbocycles. The van der Waals surface area contributed by atoms with Gasteiger partial charge in [0.1, 0.15) is 0 Å². The number of fused-ring (bicyclic) bond motifs is 9. The zero-order valence-corrected chi connectivity index (χ0v) is 21.4. The van der Waals surface area contributed by atoms with Crippen LogP contribution in [-0.2, 0) is 14.4 Å². The summed E-state index contributed by atoms with van der Waals surface area (Å²) in [6.07, 6.45) is 0.992. The van der Waals surface area contributed by atoms with Crippen molar-refractivity contribution >= 4 is 40.9 Å². The molecule has 2 N–H and O–H groups in total. The number of likely N-dealkylation sites (tertiary alicyclic amines) is 1. The highest BCUT2D eigenvalue weighted by atomic mass is 32.2. The number of H-pyrrole nitrogens is 1. The number of aliphatic carboxylic acids is 1. The number of hydrogen-bond donors (Lipinski definition) is 2. The third kappa shape index (κ3) is 3.35. The van der Waals surface area contributed by atoms with Crippen LogP contribution in [0.5, 0.6) is 11.5 Å². The zero-order chi connectivity index (χ0) is 25.3. The highest BCUT2D eigenvalue weighted by Crippen LogP contribution is 2.68. The van der Waals surface area contributed by atoms with E-state index in [-0.39, 0.29) is 76.8 Å². The Labute approximate surface area is 215 Å². The predicted octanol–water partition coefficient (Wildman–Crippen LogP) is 2.79. The average molecular weight is 531 g/mol. The molecule has 0 spiro atoms. The number of nitrogens with zero attached hydrogens (tertiary/aromatic N) is 1. The number of aromatic nitrogens is 1. The van der Waals surface area contributed by atoms with Crippen LogP contribution in [0.3, 0.4) is 0 Å². The fraction of sp³-hybridized carbons (Fsp3) is 0.520. The van der Waals surface area contributed by atoms with Crippen molar-refractivity contribution in [2.45, 2.75) is 35.5 Å². The smallest absolute Gasteiger partial charge is 0.305 e. The van der Waals surface area contributed by atoms with E-state index in [2.05, 4.69) is 4.98 Å². The molecular weight excluding hydrogens is 504 g/mol. The summed E-state index contributed by atoms with van der Waals surface area (Å²) in [4.78, 5) is 55.3. The van der Waals surface area contributed by atoms with Crippen LogP contribution >= 0.6 is 23.1 Å². The average Bonchev–Trinajstić information content (AvgIpc) is 3.58. The Morgan fingerprint density at radius 3 is 2.53 bits per heavy atom. The van der Waals surface area contributed by atoms with Gasteiger partial charge in [-0.05, 0) is 48.3 Å². The normalized spacial score (nSPS) is 31.8. The van der Waals surface area contributed by atoms with Crippen LogP contribution in [0, 0.1) is 29.6 Å². The van der Waals surface area contributed by atoms with E-state index < -0.39 is 5.97 Å². The minimum Gasteiger partial charge on any atom is -0.493 e. The van der Waals surface area contributed by atoms with Gasteiger partial charge in [0.2, 0.25) is 11.8 Å². The molecule has 3 fully saturated rings. The molecular formula is C25H26N2O7S2. The first kappa shape index (κ1) is 23.6. The summed E-state index contributed by atoms with van der Waals surface area (Å²) in [5.74, 6) is -0.734. The minimum atomic E-state index is -0.935. The summed E-state index contributed by atoms with van der Waals surface area (Å²) in [7, 11) is 3.17. The van der Waals surface area contributed by atoms with Crippen molar-refractivity contribution in [2.75, 3.05) is 20.8 Å². The first-order valence-electron chi connectivity index (χ1n) is 12.0. The second-order valence-corrected chi connectivity index (χ2v) is 12.1. The molecule has 0 radical (unpaired) electrons. The van der Waals surface area contributed by atoms with Gasteiger partial charge >= 0.3 is 10.8 Å². The van der Waals surface area contributed by atoms with E-state index in [0.29, 0.717) is 11.5 Å². The summed E-state index contributed by atoms with van der Waals surface area (Å²) >= 11 is 2.85. The van der Waals surface area contributed by atoms with Gasteiger partial charge in [-0.25, -0.2) is 0 Å². The van der Waals surface area contributed by atoms with E-state index in [1.165, 1.54) is 16.2 Å². The number of methoxy groups -OCH3 is 2.